The maximum atomic E-state index is 13.5. The maximum absolute atomic E-state index is 13.5. The quantitative estimate of drug-likeness (QED) is 0.326. The lowest BCUT2D eigenvalue weighted by Crippen LogP contribution is -2.65. The second-order valence-corrected chi connectivity index (χ2v) is 12.7. The molecule has 208 valence electrons. The van der Waals surface area contributed by atoms with Crippen molar-refractivity contribution in [2.24, 2.45) is 17.3 Å². The number of carbonyl (C=O) groups is 2. The second-order valence-electron chi connectivity index (χ2n) is 12.7. The van der Waals surface area contributed by atoms with Gasteiger partial charge in [0.25, 0.3) is 5.91 Å². The molecule has 6 rings (SSSR count). The number of amides is 3. The fraction of sp³-hybridized carbons (Fsp3) is 0.633. The molecule has 2 heterocycles. The number of nitrogens with one attached hydrogen (secondary N) is 1. The van der Waals surface area contributed by atoms with Gasteiger partial charge in [0.05, 0.1) is 17.6 Å². The first-order valence-electron chi connectivity index (χ1n) is 14.3. The van der Waals surface area contributed by atoms with Crippen molar-refractivity contribution in [2.75, 3.05) is 20.1 Å². The van der Waals surface area contributed by atoms with Crippen molar-refractivity contribution in [3.63, 3.8) is 0 Å². The average molecular weight is 532 g/mol. The second kappa shape index (κ2) is 10.6. The van der Waals surface area contributed by atoms with Crippen molar-refractivity contribution < 1.29 is 18.9 Å². The van der Waals surface area contributed by atoms with Crippen molar-refractivity contribution >= 4 is 19.1 Å². The number of carbonyl (C=O) groups excluding carboxylic acids is 2. The van der Waals surface area contributed by atoms with E-state index in [0.29, 0.717) is 31.3 Å². The van der Waals surface area contributed by atoms with Crippen molar-refractivity contribution in [3.05, 3.63) is 48.0 Å². The first-order chi connectivity index (χ1) is 18.5. The number of benzene rings is 1. The molecule has 5 aliphatic rings. The van der Waals surface area contributed by atoms with E-state index >= 15 is 0 Å². The number of hydrogen-bond donors (Lipinski definition) is 1. The highest BCUT2D eigenvalue weighted by Gasteiger charge is 2.68. The number of hydrogen-bond acceptors (Lipinski definition) is 5. The van der Waals surface area contributed by atoms with Gasteiger partial charge in [0.15, 0.2) is 0 Å². The molecule has 0 aromatic heterocycles. The predicted octanol–water partition coefficient (Wildman–Crippen LogP) is 3.97. The summed E-state index contributed by atoms with van der Waals surface area (Å²) in [5.41, 5.74) is 0.910. The van der Waals surface area contributed by atoms with Crippen LogP contribution in [0.5, 0.6) is 0 Å². The molecule has 3 saturated carbocycles. The zero-order valence-corrected chi connectivity index (χ0v) is 23.7. The third kappa shape index (κ3) is 5.09. The fourth-order valence-electron chi connectivity index (χ4n) is 7.50. The Morgan fingerprint density at radius 2 is 2.00 bits per heavy atom. The lowest BCUT2D eigenvalue weighted by atomic mass is 9.43. The van der Waals surface area contributed by atoms with E-state index in [2.05, 4.69) is 44.8 Å². The van der Waals surface area contributed by atoms with Gasteiger partial charge in [0.2, 0.25) is 0 Å². The number of urea groups is 1. The number of nitriles is 1. The summed E-state index contributed by atoms with van der Waals surface area (Å²) in [5, 5.41) is 12.4. The molecule has 5 fully saturated rings. The number of rotatable bonds is 7. The summed E-state index contributed by atoms with van der Waals surface area (Å²) in [6, 6.07) is 11.6. The minimum Gasteiger partial charge on any atom is -0.404 e. The van der Waals surface area contributed by atoms with Crippen molar-refractivity contribution in [3.8, 4) is 6.07 Å². The van der Waals surface area contributed by atoms with Gasteiger partial charge in [-0.1, -0.05) is 50.8 Å². The Balaban J connectivity index is 1.29. The zero-order valence-electron chi connectivity index (χ0n) is 23.7. The van der Waals surface area contributed by atoms with E-state index in [4.69, 9.17) is 14.6 Å². The van der Waals surface area contributed by atoms with Gasteiger partial charge in [-0.2, -0.15) is 5.26 Å². The van der Waals surface area contributed by atoms with Crippen LogP contribution in [-0.2, 0) is 20.5 Å². The summed E-state index contributed by atoms with van der Waals surface area (Å²) in [4.78, 5) is 29.6. The summed E-state index contributed by atoms with van der Waals surface area (Å²) in [7, 11) is 1.21. The van der Waals surface area contributed by atoms with Crippen LogP contribution in [0.15, 0.2) is 42.5 Å². The normalized spacial score (nSPS) is 31.4. The molecule has 2 bridgehead atoms. The van der Waals surface area contributed by atoms with Crippen molar-refractivity contribution in [2.45, 2.75) is 83.0 Å². The molecular formula is C30H41BN4O4. The lowest BCUT2D eigenvalue weighted by molar-refractivity contribution is -0.199. The van der Waals surface area contributed by atoms with Crippen LogP contribution >= 0.6 is 0 Å². The van der Waals surface area contributed by atoms with Gasteiger partial charge < -0.3 is 24.4 Å². The van der Waals surface area contributed by atoms with Crippen molar-refractivity contribution in [1.82, 2.24) is 15.1 Å². The summed E-state index contributed by atoms with van der Waals surface area (Å²) < 4.78 is 13.3. The molecule has 1 N–H and O–H groups in total. The Morgan fingerprint density at radius 1 is 1.26 bits per heavy atom. The summed E-state index contributed by atoms with van der Waals surface area (Å²) >= 11 is 0. The summed E-state index contributed by atoms with van der Waals surface area (Å²) in [5.74, 6) is 0.373. The van der Waals surface area contributed by atoms with E-state index in [1.807, 2.05) is 24.3 Å². The van der Waals surface area contributed by atoms with Crippen molar-refractivity contribution in [1.29, 1.82) is 5.26 Å². The Morgan fingerprint density at radius 3 is 2.69 bits per heavy atom. The van der Waals surface area contributed by atoms with Crippen LogP contribution in [0.25, 0.3) is 0 Å². The lowest BCUT2D eigenvalue weighted by Gasteiger charge is -2.64. The topological polar surface area (TPSA) is 94.9 Å². The molecule has 6 atom stereocenters. The van der Waals surface area contributed by atoms with Gasteiger partial charge in [-0.3, -0.25) is 4.79 Å². The third-order valence-electron chi connectivity index (χ3n) is 10.0. The van der Waals surface area contributed by atoms with Crippen LogP contribution in [0.2, 0.25) is 0 Å². The van der Waals surface area contributed by atoms with Gasteiger partial charge in [-0.25, -0.2) is 4.79 Å². The van der Waals surface area contributed by atoms with Gasteiger partial charge >= 0.3 is 13.1 Å². The molecule has 2 aliphatic heterocycles. The Hall–Kier alpha value is -2.83. The van der Waals surface area contributed by atoms with Gasteiger partial charge in [-0.15, -0.1) is 0 Å². The number of piperidine rings is 1. The first kappa shape index (κ1) is 27.7. The number of likely N-dealkylation sites (N-methyl/N-ethyl adjacent to an activating group) is 1. The SMILES string of the molecule is C=C(C#N)C(=O)N1CCCC[C@@H]1CN(C)C(=O)N[C@@H](Cc1ccccc1)B1O[C@@H]2C[C@@H]3C[C@@H](C3(C)C)[C@]2(C)O1. The molecule has 3 aliphatic carbocycles. The fourth-order valence-corrected chi connectivity index (χ4v) is 7.50. The van der Waals surface area contributed by atoms with E-state index < -0.39 is 7.12 Å². The highest BCUT2D eigenvalue weighted by atomic mass is 16.7. The van der Waals surface area contributed by atoms with Gasteiger partial charge in [0.1, 0.15) is 11.6 Å². The minimum atomic E-state index is -0.542. The molecule has 1 aromatic carbocycles. The van der Waals surface area contributed by atoms with Crippen LogP contribution in [0.1, 0.15) is 58.4 Å². The van der Waals surface area contributed by atoms with Crippen LogP contribution in [-0.4, -0.2) is 72.7 Å². The van der Waals surface area contributed by atoms with Gasteiger partial charge in [-0.05, 0) is 68.3 Å². The molecule has 0 unspecified atom stereocenters. The summed E-state index contributed by atoms with van der Waals surface area (Å²) in [6.07, 6.45) is 5.41. The van der Waals surface area contributed by atoms with Crippen LogP contribution in [0, 0.1) is 28.6 Å². The Bertz CT molecular complexity index is 1150. The molecule has 0 spiro atoms. The monoisotopic (exact) mass is 532 g/mol. The molecule has 0 radical (unpaired) electrons. The van der Waals surface area contributed by atoms with E-state index in [-0.39, 0.29) is 46.6 Å². The van der Waals surface area contributed by atoms with E-state index in [1.165, 1.54) is 6.42 Å². The molecular weight excluding hydrogens is 491 g/mol. The number of nitrogens with zero attached hydrogens (tertiary/aromatic N) is 3. The molecule has 3 amide bonds. The smallest absolute Gasteiger partial charge is 0.404 e. The average Bonchev–Trinajstić information content (AvgIpc) is 3.29. The first-order valence-corrected chi connectivity index (χ1v) is 14.3. The number of likely N-dealkylation sites (tertiary alicyclic amines) is 1. The minimum absolute atomic E-state index is 0.0298. The highest BCUT2D eigenvalue weighted by Crippen LogP contribution is 2.65. The zero-order chi connectivity index (χ0) is 27.9. The molecule has 8 nitrogen and oxygen atoms in total. The Kier molecular flexibility index (Phi) is 7.56. The largest absolute Gasteiger partial charge is 0.482 e. The third-order valence-corrected chi connectivity index (χ3v) is 10.0. The molecule has 2 saturated heterocycles. The maximum Gasteiger partial charge on any atom is 0.482 e. The molecule has 9 heteroatoms. The van der Waals surface area contributed by atoms with Crippen LogP contribution in [0.4, 0.5) is 4.79 Å². The van der Waals surface area contributed by atoms with E-state index in [9.17, 15) is 9.59 Å². The molecule has 1 aromatic rings. The van der Waals surface area contributed by atoms with E-state index in [0.717, 1.165) is 31.2 Å². The standard InChI is InChI=1S/C30H41BN4O4/c1-20(18-32)27(36)35-14-10-9-13-23(35)19-34(5)28(37)33-26(15-21-11-7-6-8-12-21)31-38-25-17-22-16-24(29(22,2)3)30(25,4)39-31/h6-8,11-12,22-26H,1,9-10,13-17,19H2,2-5H3,(H,33,37)/t22-,23+,24-,25+,26-,30-/m0/s1. The van der Waals surface area contributed by atoms with Gasteiger partial charge in [0, 0.05) is 26.2 Å². The van der Waals surface area contributed by atoms with E-state index in [1.54, 1.807) is 16.8 Å². The van der Waals surface area contributed by atoms with Crippen LogP contribution < -0.4 is 5.32 Å². The highest BCUT2D eigenvalue weighted by molar-refractivity contribution is 6.48. The Labute approximate surface area is 232 Å². The summed E-state index contributed by atoms with van der Waals surface area (Å²) in [6.45, 7) is 11.4. The predicted molar refractivity (Wildman–Crippen MR) is 149 cm³/mol. The van der Waals surface area contributed by atoms with Crippen LogP contribution in [0.3, 0.4) is 0 Å². The molecule has 39 heavy (non-hydrogen) atoms.